The molecule has 0 bridgehead atoms. The standard InChI is InChI=1S/C24H33N3O/c1-3-5-7-8-9-10-12-20-14-16-23(24(28)18-20)27-25-21-15-13-19(11-6-4-2)17-22(21)26-27/h13-18,28H,3-12H2,1-2H3. The summed E-state index contributed by atoms with van der Waals surface area (Å²) in [5.74, 6) is 0.245. The average molecular weight is 380 g/mol. The van der Waals surface area contributed by atoms with Gasteiger partial charge in [-0.3, -0.25) is 0 Å². The molecular formula is C24H33N3O. The quantitative estimate of drug-likeness (QED) is 0.394. The van der Waals surface area contributed by atoms with Crippen LogP contribution in [-0.2, 0) is 12.8 Å². The Labute approximate surface area is 168 Å². The molecule has 0 fully saturated rings. The topological polar surface area (TPSA) is 50.9 Å². The molecule has 28 heavy (non-hydrogen) atoms. The number of nitrogens with zero attached hydrogens (tertiary/aromatic N) is 3. The van der Waals surface area contributed by atoms with Crippen molar-refractivity contribution in [3.63, 3.8) is 0 Å². The molecule has 1 N–H and O–H groups in total. The molecular weight excluding hydrogens is 346 g/mol. The van der Waals surface area contributed by atoms with Gasteiger partial charge in [-0.2, -0.15) is 0 Å². The number of fused-ring (bicyclic) bond motifs is 1. The molecule has 0 radical (unpaired) electrons. The fourth-order valence-electron chi connectivity index (χ4n) is 3.61. The number of aromatic nitrogens is 3. The predicted octanol–water partition coefficient (Wildman–Crippen LogP) is 6.37. The fraction of sp³-hybridized carbons (Fsp3) is 0.500. The highest BCUT2D eigenvalue weighted by Crippen LogP contribution is 2.24. The van der Waals surface area contributed by atoms with Crippen LogP contribution in [0.2, 0.25) is 0 Å². The molecule has 150 valence electrons. The summed E-state index contributed by atoms with van der Waals surface area (Å²) in [5.41, 5.74) is 4.84. The first-order chi connectivity index (χ1) is 13.7. The van der Waals surface area contributed by atoms with E-state index in [1.165, 1.54) is 62.5 Å². The smallest absolute Gasteiger partial charge is 0.143 e. The summed E-state index contributed by atoms with van der Waals surface area (Å²) in [5, 5.41) is 19.6. The molecule has 1 aromatic heterocycles. The maximum Gasteiger partial charge on any atom is 0.143 e. The average Bonchev–Trinajstić information content (AvgIpc) is 3.12. The summed E-state index contributed by atoms with van der Waals surface area (Å²) in [6.45, 7) is 4.45. The fourth-order valence-corrected chi connectivity index (χ4v) is 3.61. The van der Waals surface area contributed by atoms with Crippen LogP contribution in [0, 0.1) is 0 Å². The normalized spacial score (nSPS) is 11.4. The number of aryl methyl sites for hydroxylation is 2. The number of benzene rings is 2. The predicted molar refractivity (Wildman–Crippen MR) is 116 cm³/mol. The second-order valence-corrected chi connectivity index (χ2v) is 7.76. The Morgan fingerprint density at radius 3 is 2.14 bits per heavy atom. The summed E-state index contributed by atoms with van der Waals surface area (Å²) < 4.78 is 0. The van der Waals surface area contributed by atoms with Crippen LogP contribution in [0.1, 0.15) is 76.3 Å². The first-order valence-corrected chi connectivity index (χ1v) is 10.9. The van der Waals surface area contributed by atoms with Crippen LogP contribution in [0.3, 0.4) is 0 Å². The van der Waals surface area contributed by atoms with E-state index < -0.39 is 0 Å². The largest absolute Gasteiger partial charge is 0.506 e. The van der Waals surface area contributed by atoms with Gasteiger partial charge in [0, 0.05) is 0 Å². The first-order valence-electron chi connectivity index (χ1n) is 10.9. The van der Waals surface area contributed by atoms with Gasteiger partial charge in [0.25, 0.3) is 0 Å². The Kier molecular flexibility index (Phi) is 7.46. The van der Waals surface area contributed by atoms with Gasteiger partial charge < -0.3 is 5.11 Å². The van der Waals surface area contributed by atoms with Gasteiger partial charge in [0.15, 0.2) is 0 Å². The lowest BCUT2D eigenvalue weighted by Gasteiger charge is -2.06. The third-order valence-electron chi connectivity index (χ3n) is 5.34. The summed E-state index contributed by atoms with van der Waals surface area (Å²) in [7, 11) is 0. The minimum Gasteiger partial charge on any atom is -0.506 e. The summed E-state index contributed by atoms with van der Waals surface area (Å²) in [6.07, 6.45) is 12.1. The zero-order valence-electron chi connectivity index (χ0n) is 17.3. The highest BCUT2D eigenvalue weighted by Gasteiger charge is 2.10. The van der Waals surface area contributed by atoms with Crippen LogP contribution < -0.4 is 0 Å². The van der Waals surface area contributed by atoms with E-state index in [1.54, 1.807) is 4.80 Å². The first kappa shape index (κ1) is 20.4. The second-order valence-electron chi connectivity index (χ2n) is 7.76. The summed E-state index contributed by atoms with van der Waals surface area (Å²) in [6, 6.07) is 12.1. The van der Waals surface area contributed by atoms with Crippen LogP contribution in [0.4, 0.5) is 0 Å². The lowest BCUT2D eigenvalue weighted by molar-refractivity contribution is 0.466. The van der Waals surface area contributed by atoms with Crippen LogP contribution in [0.5, 0.6) is 5.75 Å². The third kappa shape index (κ3) is 5.34. The Hall–Kier alpha value is -2.36. The molecule has 2 aromatic carbocycles. The molecule has 0 aliphatic carbocycles. The molecule has 0 unspecified atom stereocenters. The van der Waals surface area contributed by atoms with Crippen molar-refractivity contribution in [2.75, 3.05) is 0 Å². The van der Waals surface area contributed by atoms with Gasteiger partial charge in [0.05, 0.1) is 0 Å². The lowest BCUT2D eigenvalue weighted by Crippen LogP contribution is -1.99. The molecule has 3 aromatic rings. The van der Waals surface area contributed by atoms with Crippen LogP contribution in [0.15, 0.2) is 36.4 Å². The zero-order valence-corrected chi connectivity index (χ0v) is 17.3. The minimum absolute atomic E-state index is 0.245. The molecule has 1 heterocycles. The van der Waals surface area contributed by atoms with Crippen molar-refractivity contribution in [3.05, 3.63) is 47.5 Å². The number of unbranched alkanes of at least 4 members (excludes halogenated alkanes) is 6. The van der Waals surface area contributed by atoms with Crippen molar-refractivity contribution < 1.29 is 5.11 Å². The number of rotatable bonds is 11. The third-order valence-corrected chi connectivity index (χ3v) is 5.34. The second kappa shape index (κ2) is 10.3. The van der Waals surface area contributed by atoms with Crippen molar-refractivity contribution in [1.29, 1.82) is 0 Å². The molecule has 0 amide bonds. The van der Waals surface area contributed by atoms with Crippen molar-refractivity contribution in [1.82, 2.24) is 15.0 Å². The summed E-state index contributed by atoms with van der Waals surface area (Å²) >= 11 is 0. The number of aromatic hydroxyl groups is 1. The Morgan fingerprint density at radius 1 is 0.714 bits per heavy atom. The van der Waals surface area contributed by atoms with E-state index >= 15 is 0 Å². The highest BCUT2D eigenvalue weighted by molar-refractivity contribution is 5.75. The molecule has 4 nitrogen and oxygen atoms in total. The van der Waals surface area contributed by atoms with Gasteiger partial charge in [0.1, 0.15) is 22.5 Å². The van der Waals surface area contributed by atoms with Gasteiger partial charge in [-0.15, -0.1) is 15.0 Å². The lowest BCUT2D eigenvalue weighted by atomic mass is 10.0. The molecule has 0 spiro atoms. The van der Waals surface area contributed by atoms with E-state index in [1.807, 2.05) is 18.2 Å². The van der Waals surface area contributed by atoms with E-state index in [9.17, 15) is 5.11 Å². The molecule has 0 atom stereocenters. The molecule has 3 rings (SSSR count). The molecule has 4 heteroatoms. The number of phenolic OH excluding ortho intramolecular Hbond substituents is 1. The molecule has 0 saturated heterocycles. The molecule has 0 aliphatic rings. The zero-order chi connectivity index (χ0) is 19.8. The monoisotopic (exact) mass is 379 g/mol. The van der Waals surface area contributed by atoms with Crippen molar-refractivity contribution in [2.24, 2.45) is 0 Å². The highest BCUT2D eigenvalue weighted by atomic mass is 16.3. The maximum absolute atomic E-state index is 10.5. The molecule has 0 saturated carbocycles. The van der Waals surface area contributed by atoms with E-state index in [4.69, 9.17) is 0 Å². The van der Waals surface area contributed by atoms with Crippen molar-refractivity contribution in [2.45, 2.75) is 78.1 Å². The van der Waals surface area contributed by atoms with E-state index in [0.29, 0.717) is 5.69 Å². The van der Waals surface area contributed by atoms with E-state index in [-0.39, 0.29) is 5.75 Å². The van der Waals surface area contributed by atoms with Crippen LogP contribution >= 0.6 is 0 Å². The summed E-state index contributed by atoms with van der Waals surface area (Å²) in [4.78, 5) is 1.55. The Balaban J connectivity index is 1.66. The minimum atomic E-state index is 0.245. The molecule has 0 aliphatic heterocycles. The SMILES string of the molecule is CCCCCCCCc1ccc(-n2nc3ccc(CCCC)cc3n2)c(O)c1. The van der Waals surface area contributed by atoms with Crippen LogP contribution in [-0.4, -0.2) is 20.1 Å². The van der Waals surface area contributed by atoms with Gasteiger partial charge in [-0.05, 0) is 61.1 Å². The Bertz CT molecular complexity index is 885. The van der Waals surface area contributed by atoms with Gasteiger partial charge in [-0.25, -0.2) is 0 Å². The van der Waals surface area contributed by atoms with Gasteiger partial charge >= 0.3 is 0 Å². The number of hydrogen-bond donors (Lipinski definition) is 1. The van der Waals surface area contributed by atoms with Crippen molar-refractivity contribution in [3.8, 4) is 11.4 Å². The van der Waals surface area contributed by atoms with Gasteiger partial charge in [0.2, 0.25) is 0 Å². The number of hydrogen-bond acceptors (Lipinski definition) is 3. The Morgan fingerprint density at radius 2 is 1.36 bits per heavy atom. The maximum atomic E-state index is 10.5. The van der Waals surface area contributed by atoms with Crippen molar-refractivity contribution >= 4 is 11.0 Å². The van der Waals surface area contributed by atoms with E-state index in [0.717, 1.165) is 23.9 Å². The van der Waals surface area contributed by atoms with E-state index in [2.05, 4.69) is 42.2 Å². The number of phenols is 1. The van der Waals surface area contributed by atoms with Gasteiger partial charge in [-0.1, -0.05) is 64.5 Å². The van der Waals surface area contributed by atoms with Crippen LogP contribution in [0.25, 0.3) is 16.7 Å².